The molecule has 0 atom stereocenters. The summed E-state index contributed by atoms with van der Waals surface area (Å²) in [5, 5.41) is 11.4. The number of carbonyl (C=O) groups is 2. The minimum Gasteiger partial charge on any atom is -0.480 e. The Labute approximate surface area is 116 Å². The number of fused-ring (bicyclic) bond motifs is 1. The number of rotatable bonds is 5. The van der Waals surface area contributed by atoms with E-state index in [4.69, 9.17) is 5.11 Å². The van der Waals surface area contributed by atoms with Crippen LogP contribution in [0.25, 0.3) is 11.0 Å². The van der Waals surface area contributed by atoms with E-state index in [0.29, 0.717) is 6.54 Å². The molecule has 6 heteroatoms. The molecule has 0 aliphatic rings. The second-order valence-electron chi connectivity index (χ2n) is 5.16. The molecule has 2 N–H and O–H groups in total. The molecule has 2 aromatic rings. The van der Waals surface area contributed by atoms with Gasteiger partial charge in [0.2, 0.25) is 5.91 Å². The Bertz CT molecular complexity index is 646. The van der Waals surface area contributed by atoms with Crippen LogP contribution in [0, 0.1) is 0 Å². The first-order valence-corrected chi connectivity index (χ1v) is 6.34. The average molecular weight is 275 g/mol. The minimum absolute atomic E-state index is 0.205. The summed E-state index contributed by atoms with van der Waals surface area (Å²) in [6.45, 7) is 3.38. The van der Waals surface area contributed by atoms with Crippen molar-refractivity contribution in [3.63, 3.8) is 0 Å². The number of carboxylic acid groups (broad SMARTS) is 1. The average Bonchev–Trinajstić information content (AvgIpc) is 2.79. The molecule has 1 heterocycles. The monoisotopic (exact) mass is 275 g/mol. The van der Waals surface area contributed by atoms with E-state index in [1.807, 2.05) is 28.8 Å². The smallest absolute Gasteiger partial charge is 0.328 e. The van der Waals surface area contributed by atoms with Gasteiger partial charge in [-0.2, -0.15) is 0 Å². The second kappa shape index (κ2) is 5.32. The summed E-state index contributed by atoms with van der Waals surface area (Å²) >= 11 is 0. The zero-order valence-corrected chi connectivity index (χ0v) is 11.5. The van der Waals surface area contributed by atoms with Crippen LogP contribution in [0.1, 0.15) is 20.3 Å². The SMILES string of the molecule is CC(C)(NC(=O)CCn1cnc2ccccc21)C(=O)O. The molecule has 1 aromatic carbocycles. The minimum atomic E-state index is -1.26. The quantitative estimate of drug-likeness (QED) is 0.864. The number of para-hydroxylation sites is 2. The molecule has 0 saturated heterocycles. The summed E-state index contributed by atoms with van der Waals surface area (Å²) < 4.78 is 1.88. The lowest BCUT2D eigenvalue weighted by Gasteiger charge is -2.21. The van der Waals surface area contributed by atoms with Gasteiger partial charge in [-0.3, -0.25) is 4.79 Å². The molecule has 2 rings (SSSR count). The van der Waals surface area contributed by atoms with Gasteiger partial charge < -0.3 is 15.0 Å². The maximum atomic E-state index is 11.8. The summed E-state index contributed by atoms with van der Waals surface area (Å²) in [4.78, 5) is 27.0. The van der Waals surface area contributed by atoms with E-state index in [1.165, 1.54) is 13.8 Å². The zero-order valence-electron chi connectivity index (χ0n) is 11.5. The zero-order chi connectivity index (χ0) is 14.8. The topological polar surface area (TPSA) is 84.2 Å². The van der Waals surface area contributed by atoms with Crippen molar-refractivity contribution in [2.45, 2.75) is 32.4 Å². The number of hydrogen-bond acceptors (Lipinski definition) is 3. The van der Waals surface area contributed by atoms with E-state index in [-0.39, 0.29) is 12.3 Å². The third kappa shape index (κ3) is 2.96. The highest BCUT2D eigenvalue weighted by molar-refractivity contribution is 5.86. The summed E-state index contributed by atoms with van der Waals surface area (Å²) in [5.41, 5.74) is 0.574. The van der Waals surface area contributed by atoms with Crippen molar-refractivity contribution in [3.05, 3.63) is 30.6 Å². The van der Waals surface area contributed by atoms with Gasteiger partial charge in [0.1, 0.15) is 5.54 Å². The summed E-state index contributed by atoms with van der Waals surface area (Å²) in [5.74, 6) is -1.35. The molecule has 0 aliphatic heterocycles. The molecule has 6 nitrogen and oxygen atoms in total. The number of hydrogen-bond donors (Lipinski definition) is 2. The van der Waals surface area contributed by atoms with Crippen molar-refractivity contribution in [1.29, 1.82) is 0 Å². The number of imidazole rings is 1. The molecule has 1 amide bonds. The lowest BCUT2D eigenvalue weighted by molar-refractivity contribution is -0.146. The Kier molecular flexibility index (Phi) is 3.74. The van der Waals surface area contributed by atoms with Gasteiger partial charge in [-0.05, 0) is 26.0 Å². The number of aliphatic carboxylic acids is 1. The van der Waals surface area contributed by atoms with Crippen LogP contribution in [0.4, 0.5) is 0 Å². The predicted octanol–water partition coefficient (Wildman–Crippen LogP) is 1.41. The molecule has 0 spiro atoms. The maximum Gasteiger partial charge on any atom is 0.328 e. The number of aromatic nitrogens is 2. The van der Waals surface area contributed by atoms with Gasteiger partial charge in [-0.1, -0.05) is 12.1 Å². The molecule has 0 radical (unpaired) electrons. The van der Waals surface area contributed by atoms with Crippen LogP contribution in [0.5, 0.6) is 0 Å². The van der Waals surface area contributed by atoms with Crippen molar-refractivity contribution in [1.82, 2.24) is 14.9 Å². The van der Waals surface area contributed by atoms with Gasteiger partial charge >= 0.3 is 5.97 Å². The van der Waals surface area contributed by atoms with Gasteiger partial charge in [0.25, 0.3) is 0 Å². The van der Waals surface area contributed by atoms with E-state index in [1.54, 1.807) is 6.33 Å². The lowest BCUT2D eigenvalue weighted by atomic mass is 10.1. The molecule has 0 aliphatic carbocycles. The van der Waals surface area contributed by atoms with Crippen LogP contribution in [-0.2, 0) is 16.1 Å². The Balaban J connectivity index is 1.99. The number of nitrogens with zero attached hydrogens (tertiary/aromatic N) is 2. The van der Waals surface area contributed by atoms with Crippen molar-refractivity contribution >= 4 is 22.9 Å². The highest BCUT2D eigenvalue weighted by atomic mass is 16.4. The number of amides is 1. The Morgan fingerprint density at radius 3 is 2.75 bits per heavy atom. The Morgan fingerprint density at radius 2 is 2.05 bits per heavy atom. The number of aryl methyl sites for hydroxylation is 1. The molecule has 0 bridgehead atoms. The molecular formula is C14H17N3O3. The molecule has 1 aromatic heterocycles. The summed E-state index contributed by atoms with van der Waals surface area (Å²) in [6, 6.07) is 7.65. The van der Waals surface area contributed by atoms with Crippen molar-refractivity contribution in [2.75, 3.05) is 0 Å². The van der Waals surface area contributed by atoms with Crippen molar-refractivity contribution < 1.29 is 14.7 Å². The summed E-state index contributed by atoms with van der Waals surface area (Å²) in [7, 11) is 0. The van der Waals surface area contributed by atoms with E-state index in [2.05, 4.69) is 10.3 Å². The molecule has 0 saturated carbocycles. The predicted molar refractivity (Wildman–Crippen MR) is 74.2 cm³/mol. The van der Waals surface area contributed by atoms with Crippen molar-refractivity contribution in [2.24, 2.45) is 0 Å². The van der Waals surface area contributed by atoms with Crippen LogP contribution >= 0.6 is 0 Å². The maximum absolute atomic E-state index is 11.8. The Hall–Kier alpha value is -2.37. The highest BCUT2D eigenvalue weighted by Gasteiger charge is 2.28. The van der Waals surface area contributed by atoms with Gasteiger partial charge in [0.15, 0.2) is 0 Å². The van der Waals surface area contributed by atoms with Crippen LogP contribution in [0.2, 0.25) is 0 Å². The normalized spacial score (nSPS) is 11.5. The highest BCUT2D eigenvalue weighted by Crippen LogP contribution is 2.12. The van der Waals surface area contributed by atoms with Gasteiger partial charge in [0, 0.05) is 13.0 Å². The molecule has 20 heavy (non-hydrogen) atoms. The molecule has 0 unspecified atom stereocenters. The van der Waals surface area contributed by atoms with Gasteiger partial charge in [-0.25, -0.2) is 9.78 Å². The number of nitrogens with one attached hydrogen (secondary N) is 1. The van der Waals surface area contributed by atoms with Crippen LogP contribution in [0.3, 0.4) is 0 Å². The first kappa shape index (κ1) is 14.0. The van der Waals surface area contributed by atoms with Crippen LogP contribution < -0.4 is 5.32 Å². The fourth-order valence-electron chi connectivity index (χ4n) is 1.87. The van der Waals surface area contributed by atoms with Gasteiger partial charge in [-0.15, -0.1) is 0 Å². The fraction of sp³-hybridized carbons (Fsp3) is 0.357. The van der Waals surface area contributed by atoms with Crippen LogP contribution in [-0.4, -0.2) is 32.1 Å². The third-order valence-electron chi connectivity index (χ3n) is 3.09. The van der Waals surface area contributed by atoms with Crippen LogP contribution in [0.15, 0.2) is 30.6 Å². The van der Waals surface area contributed by atoms with E-state index in [0.717, 1.165) is 11.0 Å². The van der Waals surface area contributed by atoms with Gasteiger partial charge in [0.05, 0.1) is 17.4 Å². The van der Waals surface area contributed by atoms with E-state index in [9.17, 15) is 9.59 Å². The summed E-state index contributed by atoms with van der Waals surface area (Å²) in [6.07, 6.45) is 1.89. The number of carbonyl (C=O) groups excluding carboxylic acids is 1. The fourth-order valence-corrected chi connectivity index (χ4v) is 1.87. The van der Waals surface area contributed by atoms with E-state index >= 15 is 0 Å². The second-order valence-corrected chi connectivity index (χ2v) is 5.16. The van der Waals surface area contributed by atoms with E-state index < -0.39 is 11.5 Å². The number of carboxylic acids is 1. The number of benzene rings is 1. The molecule has 106 valence electrons. The first-order chi connectivity index (χ1) is 9.40. The largest absolute Gasteiger partial charge is 0.480 e. The van der Waals surface area contributed by atoms with Crippen molar-refractivity contribution in [3.8, 4) is 0 Å². The first-order valence-electron chi connectivity index (χ1n) is 6.34. The standard InChI is InChI=1S/C14H17N3O3/c1-14(2,13(19)20)16-12(18)7-8-17-9-15-10-5-3-4-6-11(10)17/h3-6,9H,7-8H2,1-2H3,(H,16,18)(H,19,20). The Morgan fingerprint density at radius 1 is 1.35 bits per heavy atom. The molecular weight excluding hydrogens is 258 g/mol. The lowest BCUT2D eigenvalue weighted by Crippen LogP contribution is -2.49. The molecule has 0 fully saturated rings. The third-order valence-corrected chi connectivity index (χ3v) is 3.09.